The van der Waals surface area contributed by atoms with E-state index in [2.05, 4.69) is 5.43 Å². The highest BCUT2D eigenvalue weighted by atomic mass is 32.2. The van der Waals surface area contributed by atoms with Crippen molar-refractivity contribution in [1.29, 1.82) is 0 Å². The van der Waals surface area contributed by atoms with Gasteiger partial charge in [0.25, 0.3) is 0 Å². The zero-order chi connectivity index (χ0) is 20.3. The van der Waals surface area contributed by atoms with E-state index < -0.39 is 10.0 Å². The minimum Gasteiger partial charge on any atom is -0.289 e. The van der Waals surface area contributed by atoms with Crippen molar-refractivity contribution in [2.45, 2.75) is 64.2 Å². The van der Waals surface area contributed by atoms with Crippen molar-refractivity contribution in [2.24, 2.45) is 5.92 Å². The number of carbonyl (C=O) groups is 1. The lowest BCUT2D eigenvalue weighted by atomic mass is 9.96. The second-order valence-electron chi connectivity index (χ2n) is 8.39. The van der Waals surface area contributed by atoms with Crippen LogP contribution in [0.4, 0.5) is 0 Å². The number of hydrogen-bond donors (Lipinski definition) is 1. The normalized spacial score (nSPS) is 22.2. The molecule has 1 N–H and O–H groups in total. The molecule has 1 unspecified atom stereocenters. The summed E-state index contributed by atoms with van der Waals surface area (Å²) in [5.74, 6) is 0.0771. The van der Waals surface area contributed by atoms with Gasteiger partial charge in [0.1, 0.15) is 0 Å². The van der Waals surface area contributed by atoms with E-state index in [0.717, 1.165) is 55.5 Å². The first-order valence-electron chi connectivity index (χ1n) is 10.4. The van der Waals surface area contributed by atoms with Crippen LogP contribution in [-0.4, -0.2) is 49.8 Å². The van der Waals surface area contributed by atoms with Gasteiger partial charge in [-0.2, -0.15) is 4.31 Å². The summed E-state index contributed by atoms with van der Waals surface area (Å²) in [7, 11) is -3.54. The minimum atomic E-state index is -3.54. The molecule has 0 saturated carbocycles. The summed E-state index contributed by atoms with van der Waals surface area (Å²) >= 11 is 0. The van der Waals surface area contributed by atoms with Crippen LogP contribution < -0.4 is 5.43 Å². The topological polar surface area (TPSA) is 69.7 Å². The number of rotatable bonds is 5. The van der Waals surface area contributed by atoms with Gasteiger partial charge >= 0.3 is 0 Å². The van der Waals surface area contributed by atoms with E-state index >= 15 is 0 Å². The lowest BCUT2D eigenvalue weighted by Crippen LogP contribution is -2.47. The third-order valence-corrected chi connectivity index (χ3v) is 7.97. The Labute approximate surface area is 169 Å². The minimum absolute atomic E-state index is 0.00819. The number of nitrogens with one attached hydrogen (secondary N) is 1. The first-order valence-corrected chi connectivity index (χ1v) is 11.8. The number of hydrazine groups is 1. The first kappa shape index (κ1) is 21.3. The van der Waals surface area contributed by atoms with Gasteiger partial charge in [0, 0.05) is 32.6 Å². The molecule has 28 heavy (non-hydrogen) atoms. The van der Waals surface area contributed by atoms with E-state index in [1.807, 2.05) is 37.9 Å². The summed E-state index contributed by atoms with van der Waals surface area (Å²) in [4.78, 5) is 12.9. The van der Waals surface area contributed by atoms with E-state index in [4.69, 9.17) is 0 Å². The van der Waals surface area contributed by atoms with E-state index in [1.165, 1.54) is 6.42 Å². The van der Waals surface area contributed by atoms with Crippen LogP contribution in [0, 0.1) is 26.7 Å². The Morgan fingerprint density at radius 3 is 2.32 bits per heavy atom. The van der Waals surface area contributed by atoms with Crippen LogP contribution in [0.1, 0.15) is 55.2 Å². The third-order valence-electron chi connectivity index (χ3n) is 5.80. The number of hydrogen-bond acceptors (Lipinski definition) is 4. The number of sulfonamides is 1. The third kappa shape index (κ3) is 4.93. The molecule has 7 heteroatoms. The largest absolute Gasteiger partial charge is 0.289 e. The van der Waals surface area contributed by atoms with Gasteiger partial charge in [0.05, 0.1) is 4.90 Å². The molecule has 2 saturated heterocycles. The van der Waals surface area contributed by atoms with Crippen LogP contribution in [0.5, 0.6) is 0 Å². The Kier molecular flexibility index (Phi) is 6.78. The quantitative estimate of drug-likeness (QED) is 0.815. The smallest absolute Gasteiger partial charge is 0.243 e. The van der Waals surface area contributed by atoms with Crippen molar-refractivity contribution in [3.05, 3.63) is 28.8 Å². The monoisotopic (exact) mass is 407 g/mol. The van der Waals surface area contributed by atoms with Gasteiger partial charge in [-0.1, -0.05) is 24.1 Å². The molecule has 1 amide bonds. The average molecular weight is 408 g/mol. The predicted molar refractivity (Wildman–Crippen MR) is 110 cm³/mol. The van der Waals surface area contributed by atoms with Crippen molar-refractivity contribution in [3.8, 4) is 0 Å². The van der Waals surface area contributed by atoms with Crippen LogP contribution in [0.3, 0.4) is 0 Å². The molecular weight excluding hydrogens is 374 g/mol. The fraction of sp³-hybridized carbons (Fsp3) is 0.667. The van der Waals surface area contributed by atoms with E-state index in [-0.39, 0.29) is 11.8 Å². The molecule has 1 aromatic carbocycles. The molecule has 2 fully saturated rings. The van der Waals surface area contributed by atoms with Gasteiger partial charge in [-0.3, -0.25) is 10.2 Å². The van der Waals surface area contributed by atoms with E-state index in [0.29, 0.717) is 24.4 Å². The van der Waals surface area contributed by atoms with E-state index in [9.17, 15) is 13.2 Å². The van der Waals surface area contributed by atoms with Crippen LogP contribution in [0.25, 0.3) is 0 Å². The fourth-order valence-corrected chi connectivity index (χ4v) is 6.57. The molecule has 2 aliphatic rings. The van der Waals surface area contributed by atoms with Gasteiger partial charge in [-0.05, 0) is 63.5 Å². The highest BCUT2D eigenvalue weighted by Crippen LogP contribution is 2.29. The number of carbonyl (C=O) groups excluding carboxylic acids is 1. The molecule has 3 rings (SSSR count). The van der Waals surface area contributed by atoms with Gasteiger partial charge < -0.3 is 0 Å². The SMILES string of the molecule is Cc1cc(C)c(S(=O)(=O)N2CCCC(CC(=O)NN3CCCCC3)C2)c(C)c1. The number of aryl methyl sites for hydroxylation is 3. The summed E-state index contributed by atoms with van der Waals surface area (Å²) in [5, 5.41) is 2.00. The lowest BCUT2D eigenvalue weighted by Gasteiger charge is -2.33. The number of amides is 1. The molecule has 2 heterocycles. The molecule has 0 bridgehead atoms. The van der Waals surface area contributed by atoms with Gasteiger partial charge in [-0.25, -0.2) is 13.4 Å². The molecule has 0 aliphatic carbocycles. The Balaban J connectivity index is 1.66. The molecule has 2 aliphatic heterocycles. The molecule has 1 atom stereocenters. The maximum atomic E-state index is 13.3. The summed E-state index contributed by atoms with van der Waals surface area (Å²) in [6.45, 7) is 8.46. The average Bonchev–Trinajstić information content (AvgIpc) is 2.61. The standard InChI is InChI=1S/C21H33N3O3S/c1-16-12-17(2)21(18(3)13-16)28(26,27)24-11-7-8-19(15-24)14-20(25)22-23-9-5-4-6-10-23/h12-13,19H,4-11,14-15H2,1-3H3,(H,22,25). The van der Waals surface area contributed by atoms with Crippen molar-refractivity contribution in [3.63, 3.8) is 0 Å². The molecule has 0 aromatic heterocycles. The van der Waals surface area contributed by atoms with Crippen molar-refractivity contribution in [1.82, 2.24) is 14.7 Å². The number of nitrogens with zero attached hydrogens (tertiary/aromatic N) is 2. The fourth-order valence-electron chi connectivity index (χ4n) is 4.60. The zero-order valence-corrected chi connectivity index (χ0v) is 18.1. The van der Waals surface area contributed by atoms with Gasteiger partial charge in [0.15, 0.2) is 0 Å². The second-order valence-corrected chi connectivity index (χ2v) is 10.3. The highest BCUT2D eigenvalue weighted by Gasteiger charge is 2.33. The molecule has 0 spiro atoms. The lowest BCUT2D eigenvalue weighted by molar-refractivity contribution is -0.127. The van der Waals surface area contributed by atoms with Crippen molar-refractivity contribution in [2.75, 3.05) is 26.2 Å². The van der Waals surface area contributed by atoms with Gasteiger partial charge in [0.2, 0.25) is 15.9 Å². The molecule has 156 valence electrons. The zero-order valence-electron chi connectivity index (χ0n) is 17.3. The Morgan fingerprint density at radius 1 is 1.04 bits per heavy atom. The van der Waals surface area contributed by atoms with Crippen LogP contribution in [0.2, 0.25) is 0 Å². The summed E-state index contributed by atoms with van der Waals surface area (Å²) in [6, 6.07) is 3.85. The van der Waals surface area contributed by atoms with Crippen LogP contribution >= 0.6 is 0 Å². The number of piperidine rings is 2. The molecule has 0 radical (unpaired) electrons. The molecule has 6 nitrogen and oxygen atoms in total. The van der Waals surface area contributed by atoms with Crippen LogP contribution in [0.15, 0.2) is 17.0 Å². The van der Waals surface area contributed by atoms with Crippen molar-refractivity contribution >= 4 is 15.9 Å². The maximum absolute atomic E-state index is 13.3. The van der Waals surface area contributed by atoms with Gasteiger partial charge in [-0.15, -0.1) is 0 Å². The summed E-state index contributed by atoms with van der Waals surface area (Å²) in [5.41, 5.74) is 5.66. The first-order chi connectivity index (χ1) is 13.3. The second kappa shape index (κ2) is 8.93. The molecular formula is C21H33N3O3S. The maximum Gasteiger partial charge on any atom is 0.243 e. The Bertz CT molecular complexity index is 793. The predicted octanol–water partition coefficient (Wildman–Crippen LogP) is 2.92. The molecule has 1 aromatic rings. The Morgan fingerprint density at radius 2 is 1.68 bits per heavy atom. The van der Waals surface area contributed by atoms with Crippen LogP contribution in [-0.2, 0) is 14.8 Å². The number of benzene rings is 1. The highest BCUT2D eigenvalue weighted by molar-refractivity contribution is 7.89. The summed E-state index contributed by atoms with van der Waals surface area (Å²) < 4.78 is 28.2. The summed E-state index contributed by atoms with van der Waals surface area (Å²) in [6.07, 6.45) is 5.53. The Hall–Kier alpha value is -1.44. The van der Waals surface area contributed by atoms with E-state index in [1.54, 1.807) is 4.31 Å². The van der Waals surface area contributed by atoms with Crippen molar-refractivity contribution < 1.29 is 13.2 Å².